The lowest BCUT2D eigenvalue weighted by Gasteiger charge is -2.14. The van der Waals surface area contributed by atoms with Crippen LogP contribution in [0.5, 0.6) is 0 Å². The van der Waals surface area contributed by atoms with Crippen molar-refractivity contribution in [3.05, 3.63) is 60.4 Å². The van der Waals surface area contributed by atoms with E-state index in [9.17, 15) is 0 Å². The monoisotopic (exact) mass is 267 g/mol. The third-order valence-corrected chi connectivity index (χ3v) is 3.50. The summed E-state index contributed by atoms with van der Waals surface area (Å²) in [7, 11) is 0. The van der Waals surface area contributed by atoms with E-state index in [4.69, 9.17) is 4.42 Å². The third-order valence-electron chi connectivity index (χ3n) is 3.50. The van der Waals surface area contributed by atoms with Gasteiger partial charge >= 0.3 is 0 Å². The van der Waals surface area contributed by atoms with Crippen molar-refractivity contribution in [1.82, 2.24) is 14.5 Å². The Bertz CT molecular complexity index is 668. The van der Waals surface area contributed by atoms with Gasteiger partial charge in [0, 0.05) is 18.6 Å². The average molecular weight is 267 g/mol. The van der Waals surface area contributed by atoms with Crippen molar-refractivity contribution in [2.75, 3.05) is 0 Å². The molecule has 0 spiro atoms. The number of aryl methyl sites for hydroxylation is 1. The molecule has 4 nitrogen and oxygen atoms in total. The van der Waals surface area contributed by atoms with E-state index in [1.54, 1.807) is 12.5 Å². The van der Waals surface area contributed by atoms with E-state index in [1.165, 1.54) is 5.56 Å². The number of furan rings is 1. The standard InChI is InChI=1S/C16H17N3O/c1-3-13-6-7-14(18-11-13)16-17-8-9-19(16)12(2)15-5-4-10-20-15/h4-12H,3H2,1-2H3/t12-/m0/s1. The summed E-state index contributed by atoms with van der Waals surface area (Å²) in [6.45, 7) is 4.21. The molecule has 3 aromatic rings. The number of imidazole rings is 1. The quantitative estimate of drug-likeness (QED) is 0.723. The summed E-state index contributed by atoms with van der Waals surface area (Å²) < 4.78 is 7.55. The molecule has 0 bridgehead atoms. The van der Waals surface area contributed by atoms with E-state index in [-0.39, 0.29) is 6.04 Å². The minimum atomic E-state index is 0.0927. The zero-order valence-electron chi connectivity index (χ0n) is 11.7. The normalized spacial score (nSPS) is 12.5. The molecule has 1 atom stereocenters. The predicted octanol–water partition coefficient (Wildman–Crippen LogP) is 3.71. The lowest BCUT2D eigenvalue weighted by atomic mass is 10.2. The molecule has 0 saturated carbocycles. The van der Waals surface area contributed by atoms with Gasteiger partial charge in [-0.1, -0.05) is 13.0 Å². The summed E-state index contributed by atoms with van der Waals surface area (Å²) in [4.78, 5) is 8.93. The maximum absolute atomic E-state index is 5.48. The Morgan fingerprint density at radius 3 is 2.80 bits per heavy atom. The van der Waals surface area contributed by atoms with Crippen LogP contribution in [0, 0.1) is 0 Å². The summed E-state index contributed by atoms with van der Waals surface area (Å²) in [5.74, 6) is 1.77. The van der Waals surface area contributed by atoms with Crippen LogP contribution < -0.4 is 0 Å². The fourth-order valence-corrected chi connectivity index (χ4v) is 2.26. The summed E-state index contributed by atoms with van der Waals surface area (Å²) in [6.07, 6.45) is 8.34. The molecule has 0 amide bonds. The third kappa shape index (κ3) is 2.25. The molecule has 0 aliphatic heterocycles. The van der Waals surface area contributed by atoms with Gasteiger partial charge in [0.1, 0.15) is 11.5 Å². The number of hydrogen-bond acceptors (Lipinski definition) is 3. The first-order valence-electron chi connectivity index (χ1n) is 6.81. The Kier molecular flexibility index (Phi) is 3.37. The van der Waals surface area contributed by atoms with Crippen molar-refractivity contribution in [3.8, 4) is 11.5 Å². The Morgan fingerprint density at radius 2 is 2.15 bits per heavy atom. The van der Waals surface area contributed by atoms with Gasteiger partial charge in [-0.15, -0.1) is 0 Å². The van der Waals surface area contributed by atoms with E-state index < -0.39 is 0 Å². The Hall–Kier alpha value is -2.36. The fourth-order valence-electron chi connectivity index (χ4n) is 2.26. The summed E-state index contributed by atoms with van der Waals surface area (Å²) in [6, 6.07) is 8.08. The molecule has 0 saturated heterocycles. The Balaban J connectivity index is 1.97. The Morgan fingerprint density at radius 1 is 1.25 bits per heavy atom. The van der Waals surface area contributed by atoms with Gasteiger partial charge in [-0.2, -0.15) is 0 Å². The zero-order chi connectivity index (χ0) is 13.9. The van der Waals surface area contributed by atoms with Crippen LogP contribution in [0.15, 0.2) is 53.5 Å². The van der Waals surface area contributed by atoms with Gasteiger partial charge in [0.15, 0.2) is 5.82 Å². The highest BCUT2D eigenvalue weighted by Crippen LogP contribution is 2.24. The van der Waals surface area contributed by atoms with Crippen LogP contribution in [0.25, 0.3) is 11.5 Å². The van der Waals surface area contributed by atoms with Gasteiger partial charge in [0.05, 0.1) is 12.3 Å². The first-order valence-corrected chi connectivity index (χ1v) is 6.81. The number of nitrogens with zero attached hydrogens (tertiary/aromatic N) is 3. The van der Waals surface area contributed by atoms with Gasteiger partial charge in [0.25, 0.3) is 0 Å². The molecule has 102 valence electrons. The molecule has 3 heterocycles. The van der Waals surface area contributed by atoms with Gasteiger partial charge in [0.2, 0.25) is 0 Å². The van der Waals surface area contributed by atoms with Crippen molar-refractivity contribution in [3.63, 3.8) is 0 Å². The lowest BCUT2D eigenvalue weighted by Crippen LogP contribution is -2.07. The Labute approximate surface area is 118 Å². The molecule has 0 unspecified atom stereocenters. The van der Waals surface area contributed by atoms with E-state index >= 15 is 0 Å². The van der Waals surface area contributed by atoms with Crippen LogP contribution in [0.1, 0.15) is 31.2 Å². The first kappa shape index (κ1) is 12.7. The average Bonchev–Trinajstić information content (AvgIpc) is 3.18. The van der Waals surface area contributed by atoms with Crippen molar-refractivity contribution >= 4 is 0 Å². The SMILES string of the molecule is CCc1ccc(-c2nccn2[C@@H](C)c2ccco2)nc1. The first-order chi connectivity index (χ1) is 9.79. The summed E-state index contributed by atoms with van der Waals surface area (Å²) in [5, 5.41) is 0. The minimum absolute atomic E-state index is 0.0927. The maximum atomic E-state index is 5.48. The van der Waals surface area contributed by atoms with Crippen molar-refractivity contribution in [2.24, 2.45) is 0 Å². The molecular weight excluding hydrogens is 250 g/mol. The molecule has 3 aromatic heterocycles. The topological polar surface area (TPSA) is 43.9 Å². The van der Waals surface area contributed by atoms with E-state index in [0.29, 0.717) is 0 Å². The molecule has 0 aliphatic carbocycles. The zero-order valence-corrected chi connectivity index (χ0v) is 11.7. The van der Waals surface area contributed by atoms with Crippen molar-refractivity contribution in [1.29, 1.82) is 0 Å². The van der Waals surface area contributed by atoms with E-state index in [2.05, 4.69) is 34.4 Å². The molecule has 0 fully saturated rings. The fraction of sp³-hybridized carbons (Fsp3) is 0.250. The molecule has 0 radical (unpaired) electrons. The van der Waals surface area contributed by atoms with Gasteiger partial charge in [-0.05, 0) is 37.1 Å². The molecule has 20 heavy (non-hydrogen) atoms. The van der Waals surface area contributed by atoms with Crippen LogP contribution in [0.2, 0.25) is 0 Å². The molecule has 0 aromatic carbocycles. The number of pyridine rings is 1. The highest BCUT2D eigenvalue weighted by Gasteiger charge is 2.16. The van der Waals surface area contributed by atoms with Crippen LogP contribution in [-0.4, -0.2) is 14.5 Å². The van der Waals surface area contributed by atoms with Gasteiger partial charge < -0.3 is 8.98 Å². The van der Waals surface area contributed by atoms with Gasteiger partial charge in [-0.25, -0.2) is 4.98 Å². The van der Waals surface area contributed by atoms with Crippen LogP contribution in [0.4, 0.5) is 0 Å². The van der Waals surface area contributed by atoms with Crippen molar-refractivity contribution in [2.45, 2.75) is 26.3 Å². The smallest absolute Gasteiger partial charge is 0.159 e. The minimum Gasteiger partial charge on any atom is -0.467 e. The van der Waals surface area contributed by atoms with Gasteiger partial charge in [-0.3, -0.25) is 4.98 Å². The maximum Gasteiger partial charge on any atom is 0.159 e. The van der Waals surface area contributed by atoms with Crippen molar-refractivity contribution < 1.29 is 4.42 Å². The highest BCUT2D eigenvalue weighted by atomic mass is 16.3. The number of rotatable bonds is 4. The lowest BCUT2D eigenvalue weighted by molar-refractivity contribution is 0.447. The number of aromatic nitrogens is 3. The number of hydrogen-bond donors (Lipinski definition) is 0. The largest absolute Gasteiger partial charge is 0.467 e. The van der Waals surface area contributed by atoms with Crippen LogP contribution in [0.3, 0.4) is 0 Å². The second-order valence-electron chi connectivity index (χ2n) is 4.75. The second-order valence-corrected chi connectivity index (χ2v) is 4.75. The predicted molar refractivity (Wildman–Crippen MR) is 77.4 cm³/mol. The molecule has 3 rings (SSSR count). The highest BCUT2D eigenvalue weighted by molar-refractivity contribution is 5.50. The van der Waals surface area contributed by atoms with E-state index in [0.717, 1.165) is 23.7 Å². The molecule has 0 N–H and O–H groups in total. The van der Waals surface area contributed by atoms with Crippen LogP contribution in [-0.2, 0) is 6.42 Å². The second kappa shape index (κ2) is 5.33. The van der Waals surface area contributed by atoms with E-state index in [1.807, 2.05) is 30.6 Å². The summed E-state index contributed by atoms with van der Waals surface area (Å²) >= 11 is 0. The molecule has 4 heteroatoms. The molecular formula is C16H17N3O. The van der Waals surface area contributed by atoms with Crippen LogP contribution >= 0.6 is 0 Å². The summed E-state index contributed by atoms with van der Waals surface area (Å²) in [5.41, 5.74) is 2.11. The molecule has 0 aliphatic rings.